The highest BCUT2D eigenvalue weighted by molar-refractivity contribution is 5.95. The van der Waals surface area contributed by atoms with Crippen molar-refractivity contribution < 1.29 is 14.6 Å². The second kappa shape index (κ2) is 9.03. The van der Waals surface area contributed by atoms with Crippen molar-refractivity contribution in [3.63, 3.8) is 0 Å². The zero-order valence-electron chi connectivity index (χ0n) is 20.4. The van der Waals surface area contributed by atoms with Crippen LogP contribution in [0.1, 0.15) is 73.3 Å². The highest BCUT2D eigenvalue weighted by Crippen LogP contribution is 2.55. The molecule has 1 saturated heterocycles. The quantitative estimate of drug-likeness (QED) is 0.633. The number of ether oxygens (including phenoxy) is 1. The monoisotopic (exact) mass is 469 g/mol. The van der Waals surface area contributed by atoms with Crippen LogP contribution in [0.4, 0.5) is 5.95 Å². The van der Waals surface area contributed by atoms with E-state index in [1.165, 1.54) is 6.42 Å². The number of nitrogens with zero attached hydrogens (tertiary/aromatic N) is 4. The van der Waals surface area contributed by atoms with Crippen molar-refractivity contribution in [2.75, 3.05) is 51.3 Å². The van der Waals surface area contributed by atoms with Gasteiger partial charge >= 0.3 is 0 Å². The van der Waals surface area contributed by atoms with Crippen molar-refractivity contribution in [1.29, 1.82) is 0 Å². The van der Waals surface area contributed by atoms with Crippen molar-refractivity contribution in [2.24, 2.45) is 17.8 Å². The third-order valence-corrected chi connectivity index (χ3v) is 9.35. The molecule has 0 spiro atoms. The van der Waals surface area contributed by atoms with E-state index in [1.807, 2.05) is 0 Å². The Bertz CT molecular complexity index is 898. The molecule has 7 rings (SSSR count). The molecule has 186 valence electrons. The first-order valence-corrected chi connectivity index (χ1v) is 13.4. The molecule has 1 aliphatic heterocycles. The third kappa shape index (κ3) is 4.22. The molecule has 2 atom stereocenters. The third-order valence-electron chi connectivity index (χ3n) is 9.35. The van der Waals surface area contributed by atoms with E-state index in [1.54, 1.807) is 13.3 Å². The summed E-state index contributed by atoms with van der Waals surface area (Å²) < 4.78 is 5.21. The largest absolute Gasteiger partial charge is 0.390 e. The van der Waals surface area contributed by atoms with Gasteiger partial charge in [-0.15, -0.1) is 0 Å². The maximum Gasteiger partial charge on any atom is 0.254 e. The van der Waals surface area contributed by atoms with Crippen LogP contribution in [0.2, 0.25) is 0 Å². The van der Waals surface area contributed by atoms with Gasteiger partial charge < -0.3 is 20.1 Å². The van der Waals surface area contributed by atoms with Gasteiger partial charge in [0.1, 0.15) is 0 Å². The molecule has 34 heavy (non-hydrogen) atoms. The highest BCUT2D eigenvalue weighted by Gasteiger charge is 2.55. The fraction of sp³-hybridized carbons (Fsp3) is 0.808. The Hall–Kier alpha value is -1.77. The molecule has 0 radical (unpaired) electrons. The molecule has 2 heterocycles. The summed E-state index contributed by atoms with van der Waals surface area (Å²) in [7, 11) is 1.75. The molecule has 5 aliphatic carbocycles. The smallest absolute Gasteiger partial charge is 0.254 e. The normalized spacial score (nSPS) is 35.4. The fourth-order valence-electron chi connectivity index (χ4n) is 7.54. The minimum atomic E-state index is -0.479. The molecule has 1 aromatic heterocycles. The summed E-state index contributed by atoms with van der Waals surface area (Å²) in [6.45, 7) is 5.47. The van der Waals surface area contributed by atoms with Gasteiger partial charge in [-0.25, -0.2) is 9.97 Å². The zero-order chi connectivity index (χ0) is 23.3. The second-order valence-electron chi connectivity index (χ2n) is 11.6. The Kier molecular flexibility index (Phi) is 6.02. The summed E-state index contributed by atoms with van der Waals surface area (Å²) in [5, 5.41) is 14.3. The van der Waals surface area contributed by atoms with Crippen molar-refractivity contribution >= 4 is 11.9 Å². The van der Waals surface area contributed by atoms with Gasteiger partial charge in [0, 0.05) is 58.0 Å². The molecule has 5 saturated carbocycles. The van der Waals surface area contributed by atoms with Crippen molar-refractivity contribution in [2.45, 2.75) is 68.9 Å². The lowest BCUT2D eigenvalue weighted by Gasteiger charge is -2.58. The van der Waals surface area contributed by atoms with E-state index in [4.69, 9.17) is 9.72 Å². The van der Waals surface area contributed by atoms with Gasteiger partial charge in [-0.2, -0.15) is 0 Å². The number of aromatic nitrogens is 2. The average Bonchev–Trinajstić information content (AvgIpc) is 2.78. The van der Waals surface area contributed by atoms with Gasteiger partial charge in [-0.05, 0) is 62.7 Å². The van der Waals surface area contributed by atoms with Gasteiger partial charge in [-0.1, -0.05) is 6.42 Å². The van der Waals surface area contributed by atoms with Gasteiger partial charge in [0.25, 0.3) is 5.91 Å². The first-order chi connectivity index (χ1) is 16.5. The van der Waals surface area contributed by atoms with Gasteiger partial charge in [0.15, 0.2) is 0 Å². The van der Waals surface area contributed by atoms with Gasteiger partial charge in [-0.3, -0.25) is 9.69 Å². The molecule has 6 fully saturated rings. The molecule has 8 nitrogen and oxygen atoms in total. The van der Waals surface area contributed by atoms with Crippen LogP contribution < -0.4 is 10.2 Å². The minimum Gasteiger partial charge on any atom is -0.390 e. The molecule has 4 bridgehead atoms. The number of carbonyl (C=O) groups excluding carboxylic acids is 1. The maximum atomic E-state index is 13.5. The van der Waals surface area contributed by atoms with Crippen LogP contribution >= 0.6 is 0 Å². The predicted octanol–water partition coefficient (Wildman–Crippen LogP) is 2.18. The van der Waals surface area contributed by atoms with Crippen LogP contribution in [-0.4, -0.2) is 84.0 Å². The molecular formula is C26H39N5O3. The summed E-state index contributed by atoms with van der Waals surface area (Å²) in [6.07, 6.45) is 10.1. The zero-order valence-corrected chi connectivity index (χ0v) is 20.4. The van der Waals surface area contributed by atoms with Crippen LogP contribution in [0.5, 0.6) is 0 Å². The van der Waals surface area contributed by atoms with E-state index in [0.29, 0.717) is 29.2 Å². The van der Waals surface area contributed by atoms with Crippen LogP contribution in [-0.2, 0) is 4.74 Å². The lowest BCUT2D eigenvalue weighted by atomic mass is 9.52. The molecule has 2 unspecified atom stereocenters. The summed E-state index contributed by atoms with van der Waals surface area (Å²) in [6, 6.07) is 0.179. The Labute approximate surface area is 202 Å². The average molecular weight is 470 g/mol. The van der Waals surface area contributed by atoms with Crippen LogP contribution in [0.15, 0.2) is 6.20 Å². The molecular weight excluding hydrogens is 430 g/mol. The first-order valence-electron chi connectivity index (χ1n) is 13.4. The van der Waals surface area contributed by atoms with Crippen molar-refractivity contribution in [3.05, 3.63) is 17.5 Å². The second-order valence-corrected chi connectivity index (χ2v) is 11.6. The predicted molar refractivity (Wildman–Crippen MR) is 129 cm³/mol. The van der Waals surface area contributed by atoms with Crippen LogP contribution in [0.25, 0.3) is 0 Å². The van der Waals surface area contributed by atoms with Crippen molar-refractivity contribution in [3.8, 4) is 0 Å². The summed E-state index contributed by atoms with van der Waals surface area (Å²) >= 11 is 0. The highest BCUT2D eigenvalue weighted by atomic mass is 16.5. The molecule has 2 N–H and O–H groups in total. The van der Waals surface area contributed by atoms with Crippen LogP contribution in [0.3, 0.4) is 0 Å². The summed E-state index contributed by atoms with van der Waals surface area (Å²) in [5.41, 5.74) is 1.13. The molecule has 1 amide bonds. The Morgan fingerprint density at radius 1 is 1.18 bits per heavy atom. The number of hydrogen-bond donors (Lipinski definition) is 2. The topological polar surface area (TPSA) is 90.8 Å². The standard InChI is InChI=1S/C26H39N5O3/c1-34-10-9-30-5-7-31(8-6-30)25-27-16-21(23(29-25)18-3-2-4-18)24(32)28-22-19-11-17-12-20(22)15-26(33,13-17)14-19/h16-20,22,33H,2-15H2,1H3,(H,28,32)/t17?,19?,20?,22-,26+. The van der Waals surface area contributed by atoms with Crippen molar-refractivity contribution in [1.82, 2.24) is 20.2 Å². The number of aliphatic hydroxyl groups is 1. The number of rotatable bonds is 7. The molecule has 6 aliphatic rings. The van der Waals surface area contributed by atoms with Gasteiger partial charge in [0.2, 0.25) is 5.95 Å². The molecule has 8 heteroatoms. The Balaban J connectivity index is 1.16. The summed E-state index contributed by atoms with van der Waals surface area (Å²) in [4.78, 5) is 27.9. The van der Waals surface area contributed by atoms with Crippen LogP contribution in [0, 0.1) is 17.8 Å². The number of piperazine rings is 1. The molecule has 1 aromatic rings. The number of amides is 1. The molecule has 0 aromatic carbocycles. The minimum absolute atomic E-state index is 0.0118. The van der Waals surface area contributed by atoms with E-state index in [9.17, 15) is 9.90 Å². The number of carbonyl (C=O) groups is 1. The number of methoxy groups -OCH3 is 1. The van der Waals surface area contributed by atoms with Gasteiger partial charge in [0.05, 0.1) is 23.5 Å². The number of anilines is 1. The lowest BCUT2D eigenvalue weighted by molar-refractivity contribution is -0.136. The Morgan fingerprint density at radius 2 is 1.91 bits per heavy atom. The maximum absolute atomic E-state index is 13.5. The number of hydrogen-bond acceptors (Lipinski definition) is 7. The van der Waals surface area contributed by atoms with E-state index in [2.05, 4.69) is 20.1 Å². The number of nitrogens with one attached hydrogen (secondary N) is 1. The Morgan fingerprint density at radius 3 is 2.53 bits per heavy atom. The lowest BCUT2D eigenvalue weighted by Crippen LogP contribution is -2.61. The van der Waals surface area contributed by atoms with E-state index < -0.39 is 5.60 Å². The van der Waals surface area contributed by atoms with E-state index in [0.717, 1.165) is 95.9 Å². The fourth-order valence-corrected chi connectivity index (χ4v) is 7.54. The first kappa shape index (κ1) is 22.7. The summed E-state index contributed by atoms with van der Waals surface area (Å²) in [5.74, 6) is 2.57. The van der Waals surface area contributed by atoms with E-state index >= 15 is 0 Å². The SMILES string of the molecule is COCCN1CCN(c2ncc(C(=O)N[C@H]3C4CC5CC3C[C@@](O)(C5)C4)c(C3CCC3)n2)CC1. The van der Waals surface area contributed by atoms with E-state index in [-0.39, 0.29) is 11.9 Å².